The van der Waals surface area contributed by atoms with Crippen LogP contribution >= 0.6 is 0 Å². The van der Waals surface area contributed by atoms with Crippen molar-refractivity contribution in [2.45, 2.75) is 37.6 Å². The summed E-state index contributed by atoms with van der Waals surface area (Å²) in [5.74, 6) is -0.412. The van der Waals surface area contributed by atoms with Crippen molar-refractivity contribution in [2.75, 3.05) is 11.4 Å². The van der Waals surface area contributed by atoms with Crippen molar-refractivity contribution in [3.05, 3.63) is 24.3 Å². The molecule has 1 aromatic rings. The molecule has 0 radical (unpaired) electrons. The monoisotopic (exact) mass is 249 g/mol. The first-order valence-corrected chi connectivity index (χ1v) is 6.39. The Labute approximate surface area is 105 Å². The molecule has 4 nitrogen and oxygen atoms in total. The zero-order chi connectivity index (χ0) is 12.6. The van der Waals surface area contributed by atoms with Crippen LogP contribution in [0.4, 0.5) is 14.9 Å². The summed E-state index contributed by atoms with van der Waals surface area (Å²) in [4.78, 5) is 17.4. The van der Waals surface area contributed by atoms with Crippen molar-refractivity contribution in [2.24, 2.45) is 0 Å². The average molecular weight is 249 g/mol. The lowest BCUT2D eigenvalue weighted by atomic mass is 9.82. The van der Waals surface area contributed by atoms with Gasteiger partial charge in [-0.05, 0) is 12.8 Å². The summed E-state index contributed by atoms with van der Waals surface area (Å²) < 4.78 is 13.2. The molecular weight excluding hydrogens is 233 g/mol. The molecule has 2 fully saturated rings. The predicted molar refractivity (Wildman–Crippen MR) is 65.9 cm³/mol. The van der Waals surface area contributed by atoms with Crippen LogP contribution in [0, 0.1) is 5.82 Å². The molecule has 3 rings (SSSR count). The van der Waals surface area contributed by atoms with Gasteiger partial charge < -0.3 is 5.32 Å². The summed E-state index contributed by atoms with van der Waals surface area (Å²) in [5, 5.41) is 3.07. The molecule has 1 N–H and O–H groups in total. The van der Waals surface area contributed by atoms with Gasteiger partial charge in [0.05, 0.1) is 30.2 Å². The molecule has 1 saturated heterocycles. The molecule has 1 saturated carbocycles. The Hall–Kier alpha value is -1.65. The number of halogens is 1. The summed E-state index contributed by atoms with van der Waals surface area (Å²) in [7, 11) is 0. The number of carbonyl (C=O) groups excluding carboxylic acids is 1. The maximum Gasteiger partial charge on any atom is 0.322 e. The first-order valence-electron chi connectivity index (χ1n) is 6.39. The molecule has 1 spiro atoms. The van der Waals surface area contributed by atoms with Crippen LogP contribution in [-0.2, 0) is 0 Å². The van der Waals surface area contributed by atoms with Crippen LogP contribution in [0.3, 0.4) is 0 Å². The molecular formula is C13H16FN3O. The Kier molecular flexibility index (Phi) is 2.69. The molecule has 2 aliphatic rings. The van der Waals surface area contributed by atoms with Crippen LogP contribution < -0.4 is 10.2 Å². The molecule has 0 atom stereocenters. The minimum absolute atomic E-state index is 0.109. The number of anilines is 1. The Morgan fingerprint density at radius 3 is 2.78 bits per heavy atom. The van der Waals surface area contributed by atoms with E-state index < -0.39 is 5.82 Å². The molecule has 1 aromatic heterocycles. The third-order valence-electron chi connectivity index (χ3n) is 3.89. The Bertz CT molecular complexity index is 471. The standard InChI is InChI=1S/C13H16FN3O/c14-10-6-11(8-15-7-10)17-9-13(16-12(17)18)4-2-1-3-5-13/h6-8H,1-5,9H2,(H,16,18). The largest absolute Gasteiger partial charge is 0.330 e. The summed E-state index contributed by atoms with van der Waals surface area (Å²) in [6, 6.07) is 1.22. The zero-order valence-electron chi connectivity index (χ0n) is 10.2. The highest BCUT2D eigenvalue weighted by atomic mass is 19.1. The lowest BCUT2D eigenvalue weighted by molar-refractivity contribution is 0.237. The fourth-order valence-corrected chi connectivity index (χ4v) is 2.98. The molecule has 1 aliphatic carbocycles. The van der Waals surface area contributed by atoms with Gasteiger partial charge in [0.25, 0.3) is 0 Å². The van der Waals surface area contributed by atoms with Gasteiger partial charge in [-0.1, -0.05) is 19.3 Å². The van der Waals surface area contributed by atoms with Crippen LogP contribution in [0.1, 0.15) is 32.1 Å². The normalized spacial score (nSPS) is 22.3. The number of amides is 2. The number of rotatable bonds is 1. The smallest absolute Gasteiger partial charge is 0.322 e. The van der Waals surface area contributed by atoms with Crippen molar-refractivity contribution in [1.82, 2.24) is 10.3 Å². The van der Waals surface area contributed by atoms with Crippen LogP contribution in [0.5, 0.6) is 0 Å². The van der Waals surface area contributed by atoms with Gasteiger partial charge in [-0.25, -0.2) is 9.18 Å². The number of urea groups is 1. The summed E-state index contributed by atoms with van der Waals surface area (Å²) in [5.41, 5.74) is 0.428. The molecule has 2 amide bonds. The zero-order valence-corrected chi connectivity index (χ0v) is 10.2. The molecule has 5 heteroatoms. The molecule has 96 valence electrons. The SMILES string of the molecule is O=C1NC2(CCCCC2)CN1c1cncc(F)c1. The van der Waals surface area contributed by atoms with Gasteiger partial charge in [-0.3, -0.25) is 9.88 Å². The Morgan fingerprint density at radius 1 is 1.28 bits per heavy atom. The van der Waals surface area contributed by atoms with Crippen LogP contribution in [0.2, 0.25) is 0 Å². The van der Waals surface area contributed by atoms with E-state index in [0.717, 1.165) is 31.9 Å². The van der Waals surface area contributed by atoms with Crippen molar-refractivity contribution in [1.29, 1.82) is 0 Å². The number of nitrogens with zero attached hydrogens (tertiary/aromatic N) is 2. The van der Waals surface area contributed by atoms with E-state index in [9.17, 15) is 9.18 Å². The number of hydrogen-bond acceptors (Lipinski definition) is 2. The second kappa shape index (κ2) is 4.23. The van der Waals surface area contributed by atoms with Gasteiger partial charge in [-0.2, -0.15) is 0 Å². The summed E-state index contributed by atoms with van der Waals surface area (Å²) in [6.07, 6.45) is 8.23. The van der Waals surface area contributed by atoms with E-state index in [1.807, 2.05) is 0 Å². The number of aromatic nitrogens is 1. The predicted octanol–water partition coefficient (Wildman–Crippen LogP) is 2.45. The van der Waals surface area contributed by atoms with Gasteiger partial charge in [0.15, 0.2) is 0 Å². The highest BCUT2D eigenvalue weighted by Crippen LogP contribution is 2.34. The molecule has 2 heterocycles. The van der Waals surface area contributed by atoms with E-state index in [4.69, 9.17) is 0 Å². The van der Waals surface area contributed by atoms with Gasteiger partial charge in [0, 0.05) is 6.07 Å². The Balaban J connectivity index is 1.84. The van der Waals surface area contributed by atoms with Gasteiger partial charge in [0.2, 0.25) is 0 Å². The van der Waals surface area contributed by atoms with E-state index in [2.05, 4.69) is 10.3 Å². The number of nitrogens with one attached hydrogen (secondary N) is 1. The van der Waals surface area contributed by atoms with Crippen LogP contribution in [-0.4, -0.2) is 23.1 Å². The third kappa shape index (κ3) is 1.94. The maximum absolute atomic E-state index is 13.2. The second-order valence-corrected chi connectivity index (χ2v) is 5.22. The fraction of sp³-hybridized carbons (Fsp3) is 0.538. The molecule has 0 aromatic carbocycles. The second-order valence-electron chi connectivity index (χ2n) is 5.22. The molecule has 0 bridgehead atoms. The van der Waals surface area contributed by atoms with E-state index in [-0.39, 0.29) is 11.6 Å². The van der Waals surface area contributed by atoms with E-state index >= 15 is 0 Å². The Morgan fingerprint density at radius 2 is 2.06 bits per heavy atom. The number of hydrogen-bond donors (Lipinski definition) is 1. The van der Waals surface area contributed by atoms with Crippen LogP contribution in [0.15, 0.2) is 18.5 Å². The quantitative estimate of drug-likeness (QED) is 0.831. The summed E-state index contributed by atoms with van der Waals surface area (Å²) in [6.45, 7) is 0.622. The maximum atomic E-state index is 13.2. The minimum atomic E-state index is -0.412. The van der Waals surface area contributed by atoms with Gasteiger partial charge in [0.1, 0.15) is 5.82 Å². The number of pyridine rings is 1. The van der Waals surface area contributed by atoms with Gasteiger partial charge >= 0.3 is 6.03 Å². The van der Waals surface area contributed by atoms with Crippen LogP contribution in [0.25, 0.3) is 0 Å². The lowest BCUT2D eigenvalue weighted by Gasteiger charge is -2.32. The average Bonchev–Trinajstić information content (AvgIpc) is 2.67. The summed E-state index contributed by atoms with van der Waals surface area (Å²) >= 11 is 0. The number of carbonyl (C=O) groups is 1. The van der Waals surface area contributed by atoms with E-state index in [1.54, 1.807) is 4.90 Å². The first-order chi connectivity index (χ1) is 8.69. The fourth-order valence-electron chi connectivity index (χ4n) is 2.98. The third-order valence-corrected chi connectivity index (χ3v) is 3.89. The van der Waals surface area contributed by atoms with E-state index in [0.29, 0.717) is 12.2 Å². The van der Waals surface area contributed by atoms with Gasteiger partial charge in [-0.15, -0.1) is 0 Å². The van der Waals surface area contributed by atoms with Crippen molar-refractivity contribution >= 4 is 11.7 Å². The topological polar surface area (TPSA) is 45.2 Å². The molecule has 0 unspecified atom stereocenters. The first kappa shape index (κ1) is 11.4. The minimum Gasteiger partial charge on any atom is -0.330 e. The molecule has 1 aliphatic heterocycles. The lowest BCUT2D eigenvalue weighted by Crippen LogP contribution is -2.44. The van der Waals surface area contributed by atoms with E-state index in [1.165, 1.54) is 18.7 Å². The highest BCUT2D eigenvalue weighted by molar-refractivity contribution is 5.95. The van der Waals surface area contributed by atoms with Crippen molar-refractivity contribution in [3.63, 3.8) is 0 Å². The molecule has 18 heavy (non-hydrogen) atoms. The highest BCUT2D eigenvalue weighted by Gasteiger charge is 2.43. The van der Waals surface area contributed by atoms with Crippen molar-refractivity contribution in [3.8, 4) is 0 Å². The van der Waals surface area contributed by atoms with Crippen molar-refractivity contribution < 1.29 is 9.18 Å².